The van der Waals surface area contributed by atoms with Crippen LogP contribution < -0.4 is 4.90 Å². The highest BCUT2D eigenvalue weighted by Gasteiger charge is 2.47. The molecule has 0 radical (unpaired) electrons. The van der Waals surface area contributed by atoms with Crippen molar-refractivity contribution in [2.45, 2.75) is 46.3 Å². The van der Waals surface area contributed by atoms with E-state index in [2.05, 4.69) is 15.9 Å². The Morgan fingerprint density at radius 1 is 1.03 bits per heavy atom. The van der Waals surface area contributed by atoms with Crippen LogP contribution in [0.25, 0.3) is 5.76 Å². The zero-order chi connectivity index (χ0) is 26.9. The Morgan fingerprint density at radius 2 is 1.73 bits per heavy atom. The van der Waals surface area contributed by atoms with Crippen LogP contribution in [-0.4, -0.2) is 28.9 Å². The SMILES string of the molecule is Cc1cccc(C2/C(=C(/O)c3ccc(Br)c(C)c3)C(=O)C(=O)N2c2ccc(CC(=O)OC(C)C)cc2)c1. The molecule has 0 aliphatic carbocycles. The number of carbonyl (C=O) groups is 3. The van der Waals surface area contributed by atoms with E-state index in [0.717, 1.165) is 21.2 Å². The number of ketones is 1. The minimum atomic E-state index is -0.819. The second-order valence-electron chi connectivity index (χ2n) is 9.43. The monoisotopic (exact) mass is 561 g/mol. The fourth-order valence-corrected chi connectivity index (χ4v) is 4.69. The average Bonchev–Trinajstić information content (AvgIpc) is 3.11. The number of aryl methyl sites for hydroxylation is 2. The molecule has 1 aliphatic heterocycles. The number of rotatable bonds is 6. The van der Waals surface area contributed by atoms with Crippen molar-refractivity contribution in [3.05, 3.63) is 105 Å². The summed E-state index contributed by atoms with van der Waals surface area (Å²) < 4.78 is 6.09. The molecule has 1 aliphatic rings. The van der Waals surface area contributed by atoms with E-state index in [-0.39, 0.29) is 29.8 Å². The Labute approximate surface area is 224 Å². The third-order valence-corrected chi connectivity index (χ3v) is 7.05. The molecule has 1 unspecified atom stereocenters. The highest BCUT2D eigenvalue weighted by molar-refractivity contribution is 9.10. The van der Waals surface area contributed by atoms with Crippen molar-refractivity contribution in [2.24, 2.45) is 0 Å². The molecule has 0 spiro atoms. The molecule has 37 heavy (non-hydrogen) atoms. The van der Waals surface area contributed by atoms with E-state index in [9.17, 15) is 19.5 Å². The van der Waals surface area contributed by atoms with Gasteiger partial charge in [0.15, 0.2) is 0 Å². The number of aliphatic hydroxyl groups excluding tert-OH is 1. The van der Waals surface area contributed by atoms with E-state index in [0.29, 0.717) is 16.8 Å². The number of benzene rings is 3. The average molecular weight is 562 g/mol. The quantitative estimate of drug-likeness (QED) is 0.168. The van der Waals surface area contributed by atoms with Gasteiger partial charge in [-0.2, -0.15) is 0 Å². The lowest BCUT2D eigenvalue weighted by atomic mass is 9.94. The second-order valence-corrected chi connectivity index (χ2v) is 10.3. The maximum absolute atomic E-state index is 13.4. The van der Waals surface area contributed by atoms with E-state index in [4.69, 9.17) is 4.74 Å². The molecule has 0 bridgehead atoms. The Bertz CT molecular complexity index is 1410. The smallest absolute Gasteiger partial charge is 0.310 e. The van der Waals surface area contributed by atoms with Crippen molar-refractivity contribution in [1.82, 2.24) is 0 Å². The van der Waals surface area contributed by atoms with Crippen LogP contribution in [0.4, 0.5) is 5.69 Å². The zero-order valence-corrected chi connectivity index (χ0v) is 22.7. The third kappa shape index (κ3) is 5.52. The molecule has 6 nitrogen and oxygen atoms in total. The number of carbonyl (C=O) groups excluding carboxylic acids is 3. The summed E-state index contributed by atoms with van der Waals surface area (Å²) in [7, 11) is 0. The molecular formula is C30H28BrNO5. The summed E-state index contributed by atoms with van der Waals surface area (Å²) in [6.45, 7) is 7.39. The van der Waals surface area contributed by atoms with Crippen LogP contribution in [0.3, 0.4) is 0 Å². The van der Waals surface area contributed by atoms with Gasteiger partial charge >= 0.3 is 5.97 Å². The van der Waals surface area contributed by atoms with Gasteiger partial charge in [0.1, 0.15) is 5.76 Å². The lowest BCUT2D eigenvalue weighted by molar-refractivity contribution is -0.146. The molecular weight excluding hydrogens is 534 g/mol. The maximum Gasteiger partial charge on any atom is 0.310 e. The number of hydrogen-bond acceptors (Lipinski definition) is 5. The van der Waals surface area contributed by atoms with Gasteiger partial charge in [0.2, 0.25) is 0 Å². The number of amides is 1. The van der Waals surface area contributed by atoms with Crippen molar-refractivity contribution in [3.63, 3.8) is 0 Å². The first kappa shape index (κ1) is 26.4. The summed E-state index contributed by atoms with van der Waals surface area (Å²) in [5.41, 5.74) is 4.25. The molecule has 3 aromatic carbocycles. The molecule has 1 amide bonds. The molecule has 4 rings (SSSR count). The second kappa shape index (κ2) is 10.7. The highest BCUT2D eigenvalue weighted by Crippen LogP contribution is 2.42. The van der Waals surface area contributed by atoms with Crippen molar-refractivity contribution in [2.75, 3.05) is 4.90 Å². The van der Waals surface area contributed by atoms with Gasteiger partial charge in [0, 0.05) is 15.7 Å². The van der Waals surface area contributed by atoms with E-state index < -0.39 is 17.7 Å². The van der Waals surface area contributed by atoms with Gasteiger partial charge in [-0.1, -0.05) is 64.0 Å². The van der Waals surface area contributed by atoms with Gasteiger partial charge in [-0.05, 0) is 68.7 Å². The Hall–Kier alpha value is -3.71. The standard InChI is InChI=1S/C30H28BrNO5/c1-17(2)37-25(33)16-20-8-11-23(12-9-20)32-27(21-7-5-6-18(3)14-21)26(29(35)30(32)36)28(34)22-10-13-24(31)19(4)15-22/h5-15,17,27,34H,16H2,1-4H3/b28-26-. The molecule has 190 valence electrons. The fourth-order valence-electron chi connectivity index (χ4n) is 4.45. The number of halogens is 1. The van der Waals surface area contributed by atoms with Gasteiger partial charge in [-0.3, -0.25) is 19.3 Å². The largest absolute Gasteiger partial charge is 0.507 e. The Kier molecular flexibility index (Phi) is 7.64. The summed E-state index contributed by atoms with van der Waals surface area (Å²) in [5.74, 6) is -2.05. The van der Waals surface area contributed by atoms with Crippen molar-refractivity contribution in [3.8, 4) is 0 Å². The highest BCUT2D eigenvalue weighted by atomic mass is 79.9. The molecule has 1 N–H and O–H groups in total. The third-order valence-electron chi connectivity index (χ3n) is 6.16. The lowest BCUT2D eigenvalue weighted by Crippen LogP contribution is -2.29. The van der Waals surface area contributed by atoms with E-state index in [1.54, 1.807) is 56.3 Å². The summed E-state index contributed by atoms with van der Waals surface area (Å²) in [6.07, 6.45) is -0.107. The molecule has 1 fully saturated rings. The van der Waals surface area contributed by atoms with Crippen LogP contribution in [0.2, 0.25) is 0 Å². The number of hydrogen-bond donors (Lipinski definition) is 1. The summed E-state index contributed by atoms with van der Waals surface area (Å²) >= 11 is 3.46. The van der Waals surface area contributed by atoms with E-state index in [1.165, 1.54) is 4.90 Å². The predicted molar refractivity (Wildman–Crippen MR) is 146 cm³/mol. The summed E-state index contributed by atoms with van der Waals surface area (Å²) in [6, 6.07) is 18.9. The molecule has 1 atom stereocenters. The normalized spacial score (nSPS) is 16.9. The van der Waals surface area contributed by atoms with Gasteiger partial charge in [0.05, 0.1) is 24.1 Å². The van der Waals surface area contributed by atoms with Crippen LogP contribution in [0.15, 0.2) is 76.8 Å². The molecule has 1 heterocycles. The molecule has 0 saturated carbocycles. The maximum atomic E-state index is 13.4. The first-order chi connectivity index (χ1) is 17.6. The van der Waals surface area contributed by atoms with Crippen LogP contribution in [-0.2, 0) is 25.5 Å². The number of ether oxygens (including phenoxy) is 1. The molecule has 0 aromatic heterocycles. The summed E-state index contributed by atoms with van der Waals surface area (Å²) in [5, 5.41) is 11.3. The minimum Gasteiger partial charge on any atom is -0.507 e. The minimum absolute atomic E-state index is 0.0295. The van der Waals surface area contributed by atoms with Gasteiger partial charge in [-0.25, -0.2) is 0 Å². The zero-order valence-electron chi connectivity index (χ0n) is 21.1. The number of nitrogens with zero attached hydrogens (tertiary/aromatic N) is 1. The number of aliphatic hydroxyl groups is 1. The molecule has 1 saturated heterocycles. The Balaban J connectivity index is 1.80. The van der Waals surface area contributed by atoms with Crippen molar-refractivity contribution >= 4 is 45.0 Å². The van der Waals surface area contributed by atoms with E-state index >= 15 is 0 Å². The van der Waals surface area contributed by atoms with Crippen LogP contribution in [0, 0.1) is 13.8 Å². The van der Waals surface area contributed by atoms with Crippen molar-refractivity contribution in [1.29, 1.82) is 0 Å². The van der Waals surface area contributed by atoms with Gasteiger partial charge in [0.25, 0.3) is 11.7 Å². The number of esters is 1. The van der Waals surface area contributed by atoms with Crippen LogP contribution in [0.1, 0.15) is 47.7 Å². The fraction of sp³-hybridized carbons (Fsp3) is 0.233. The van der Waals surface area contributed by atoms with Crippen molar-refractivity contribution < 1.29 is 24.2 Å². The van der Waals surface area contributed by atoms with E-state index in [1.807, 2.05) is 38.1 Å². The first-order valence-corrected chi connectivity index (χ1v) is 12.8. The van der Waals surface area contributed by atoms with Gasteiger partial charge < -0.3 is 9.84 Å². The van der Waals surface area contributed by atoms with Gasteiger partial charge in [-0.15, -0.1) is 0 Å². The lowest BCUT2D eigenvalue weighted by Gasteiger charge is -2.26. The topological polar surface area (TPSA) is 83.9 Å². The number of anilines is 1. The first-order valence-electron chi connectivity index (χ1n) is 12.0. The van der Waals surface area contributed by atoms with Crippen LogP contribution in [0.5, 0.6) is 0 Å². The molecule has 3 aromatic rings. The predicted octanol–water partition coefficient (Wildman–Crippen LogP) is 6.19. The van der Waals surface area contributed by atoms with Crippen LogP contribution >= 0.6 is 15.9 Å². The Morgan fingerprint density at radius 3 is 2.35 bits per heavy atom. The number of Topliss-reactive ketones (excluding diaryl/α,β-unsaturated/α-hetero) is 1. The summed E-state index contributed by atoms with van der Waals surface area (Å²) in [4.78, 5) is 40.2. The molecule has 7 heteroatoms.